The Balaban J connectivity index is 2.53. The Kier molecular flexibility index (Phi) is 2.83. The molecule has 0 aliphatic rings. The van der Waals surface area contributed by atoms with Gasteiger partial charge < -0.3 is 10.8 Å². The smallest absolute Gasteiger partial charge is 0.149 e. The van der Waals surface area contributed by atoms with E-state index in [9.17, 15) is 9.50 Å². The number of nitrogens with zero attached hydrogens (tertiary/aromatic N) is 1. The number of hydrogen-bond acceptors (Lipinski definition) is 3. The summed E-state index contributed by atoms with van der Waals surface area (Å²) in [6.45, 7) is 0.215. The minimum atomic E-state index is -0.392. The molecule has 1 aromatic carbocycles. The highest BCUT2D eigenvalue weighted by Gasteiger charge is 2.07. The zero-order valence-electron chi connectivity index (χ0n) is 8.52. The van der Waals surface area contributed by atoms with Crippen LogP contribution in [-0.2, 0) is 6.54 Å². The van der Waals surface area contributed by atoms with Gasteiger partial charge in [-0.05, 0) is 23.8 Å². The van der Waals surface area contributed by atoms with E-state index in [1.54, 1.807) is 18.2 Å². The van der Waals surface area contributed by atoms with Crippen LogP contribution in [0.1, 0.15) is 5.56 Å². The monoisotopic (exact) mass is 218 g/mol. The number of rotatable bonds is 2. The number of aromatic hydroxyl groups is 1. The van der Waals surface area contributed by atoms with Crippen molar-refractivity contribution >= 4 is 0 Å². The second-order valence-corrected chi connectivity index (χ2v) is 3.40. The van der Waals surface area contributed by atoms with E-state index in [-0.39, 0.29) is 12.3 Å². The Morgan fingerprint density at radius 1 is 1.31 bits per heavy atom. The molecule has 16 heavy (non-hydrogen) atoms. The van der Waals surface area contributed by atoms with Gasteiger partial charge in [-0.3, -0.25) is 4.98 Å². The SMILES string of the molecule is NCc1cc(-c2ccncc2F)ccc1O. The second-order valence-electron chi connectivity index (χ2n) is 3.40. The van der Waals surface area contributed by atoms with E-state index >= 15 is 0 Å². The number of phenolic OH excluding ortho intramolecular Hbond substituents is 1. The molecule has 0 atom stereocenters. The van der Waals surface area contributed by atoms with Crippen molar-refractivity contribution in [2.45, 2.75) is 6.54 Å². The molecule has 3 N–H and O–H groups in total. The first kappa shape index (κ1) is 10.6. The molecule has 0 saturated heterocycles. The van der Waals surface area contributed by atoms with E-state index in [4.69, 9.17) is 5.73 Å². The molecule has 0 aliphatic carbocycles. The molecule has 2 aromatic rings. The predicted molar refractivity (Wildman–Crippen MR) is 59.2 cm³/mol. The minimum absolute atomic E-state index is 0.126. The zero-order chi connectivity index (χ0) is 11.5. The fourth-order valence-electron chi connectivity index (χ4n) is 1.53. The van der Waals surface area contributed by atoms with Crippen LogP contribution in [0.2, 0.25) is 0 Å². The summed E-state index contributed by atoms with van der Waals surface area (Å²) in [4.78, 5) is 3.68. The van der Waals surface area contributed by atoms with Gasteiger partial charge in [-0.15, -0.1) is 0 Å². The molecular formula is C12H11FN2O. The summed E-state index contributed by atoms with van der Waals surface area (Å²) in [5.74, 6) is -0.267. The van der Waals surface area contributed by atoms with Gasteiger partial charge in [0.1, 0.15) is 11.6 Å². The van der Waals surface area contributed by atoms with Crippen LogP contribution in [0.25, 0.3) is 11.1 Å². The van der Waals surface area contributed by atoms with E-state index in [1.165, 1.54) is 12.3 Å². The number of phenols is 1. The zero-order valence-corrected chi connectivity index (χ0v) is 8.52. The van der Waals surface area contributed by atoms with Gasteiger partial charge >= 0.3 is 0 Å². The maximum absolute atomic E-state index is 13.5. The number of aromatic nitrogens is 1. The molecule has 1 aromatic heterocycles. The highest BCUT2D eigenvalue weighted by molar-refractivity contribution is 5.65. The lowest BCUT2D eigenvalue weighted by atomic mass is 10.0. The Bertz CT molecular complexity index is 514. The number of nitrogens with two attached hydrogens (primary N) is 1. The maximum Gasteiger partial charge on any atom is 0.149 e. The van der Waals surface area contributed by atoms with Crippen LogP contribution >= 0.6 is 0 Å². The van der Waals surface area contributed by atoms with Gasteiger partial charge in [-0.25, -0.2) is 4.39 Å². The minimum Gasteiger partial charge on any atom is -0.508 e. The van der Waals surface area contributed by atoms with Crippen LogP contribution in [0.15, 0.2) is 36.7 Å². The van der Waals surface area contributed by atoms with Crippen LogP contribution in [0.3, 0.4) is 0 Å². The first-order valence-electron chi connectivity index (χ1n) is 4.84. The predicted octanol–water partition coefficient (Wildman–Crippen LogP) is 2.05. The highest BCUT2D eigenvalue weighted by Crippen LogP contribution is 2.26. The molecule has 2 rings (SSSR count). The van der Waals surface area contributed by atoms with Crippen LogP contribution in [0, 0.1) is 5.82 Å². The lowest BCUT2D eigenvalue weighted by Gasteiger charge is -2.06. The summed E-state index contributed by atoms with van der Waals surface area (Å²) in [7, 11) is 0. The normalized spacial score (nSPS) is 10.4. The lowest BCUT2D eigenvalue weighted by molar-refractivity contribution is 0.468. The van der Waals surface area contributed by atoms with Crippen LogP contribution < -0.4 is 5.73 Å². The first-order valence-corrected chi connectivity index (χ1v) is 4.84. The van der Waals surface area contributed by atoms with E-state index in [0.717, 1.165) is 6.20 Å². The van der Waals surface area contributed by atoms with Crippen molar-refractivity contribution in [1.29, 1.82) is 0 Å². The van der Waals surface area contributed by atoms with Crippen LogP contribution in [0.5, 0.6) is 5.75 Å². The summed E-state index contributed by atoms with van der Waals surface area (Å²) in [6.07, 6.45) is 2.68. The number of hydrogen-bond donors (Lipinski definition) is 2. The summed E-state index contributed by atoms with van der Waals surface area (Å²) in [5, 5.41) is 9.47. The Morgan fingerprint density at radius 3 is 2.81 bits per heavy atom. The van der Waals surface area contributed by atoms with Gasteiger partial charge in [-0.2, -0.15) is 0 Å². The summed E-state index contributed by atoms with van der Waals surface area (Å²) in [6, 6.07) is 6.42. The summed E-state index contributed by atoms with van der Waals surface area (Å²) in [5.41, 5.74) is 7.19. The van der Waals surface area contributed by atoms with Gasteiger partial charge in [0.2, 0.25) is 0 Å². The molecule has 1 heterocycles. The number of halogens is 1. The van der Waals surface area contributed by atoms with Gasteiger partial charge in [0, 0.05) is 23.9 Å². The van der Waals surface area contributed by atoms with Crippen molar-refractivity contribution < 1.29 is 9.50 Å². The van der Waals surface area contributed by atoms with Crippen molar-refractivity contribution in [2.24, 2.45) is 5.73 Å². The van der Waals surface area contributed by atoms with E-state index < -0.39 is 5.82 Å². The molecule has 0 saturated carbocycles. The molecular weight excluding hydrogens is 207 g/mol. The van der Waals surface area contributed by atoms with Crippen molar-refractivity contribution in [3.63, 3.8) is 0 Å². The first-order chi connectivity index (χ1) is 7.72. The molecule has 0 spiro atoms. The van der Waals surface area contributed by atoms with Crippen LogP contribution in [0.4, 0.5) is 4.39 Å². The molecule has 82 valence electrons. The third-order valence-corrected chi connectivity index (χ3v) is 2.38. The van der Waals surface area contributed by atoms with E-state index in [1.807, 2.05) is 0 Å². The van der Waals surface area contributed by atoms with Gasteiger partial charge in [0.25, 0.3) is 0 Å². The fourth-order valence-corrected chi connectivity index (χ4v) is 1.53. The molecule has 0 bridgehead atoms. The van der Waals surface area contributed by atoms with E-state index in [0.29, 0.717) is 16.7 Å². The number of benzene rings is 1. The van der Waals surface area contributed by atoms with Gasteiger partial charge in [0.05, 0.1) is 6.20 Å². The van der Waals surface area contributed by atoms with Crippen molar-refractivity contribution in [1.82, 2.24) is 4.98 Å². The summed E-state index contributed by atoms with van der Waals surface area (Å²) >= 11 is 0. The van der Waals surface area contributed by atoms with E-state index in [2.05, 4.69) is 4.98 Å². The average Bonchev–Trinajstić information content (AvgIpc) is 2.31. The number of pyridine rings is 1. The Labute approximate surface area is 92.4 Å². The quantitative estimate of drug-likeness (QED) is 0.811. The summed E-state index contributed by atoms with van der Waals surface area (Å²) < 4.78 is 13.5. The molecule has 0 unspecified atom stereocenters. The molecule has 0 aliphatic heterocycles. The average molecular weight is 218 g/mol. The topological polar surface area (TPSA) is 59.1 Å². The third kappa shape index (κ3) is 1.87. The van der Waals surface area contributed by atoms with Crippen molar-refractivity contribution in [3.8, 4) is 16.9 Å². The lowest BCUT2D eigenvalue weighted by Crippen LogP contribution is -1.97. The van der Waals surface area contributed by atoms with Gasteiger partial charge in [-0.1, -0.05) is 6.07 Å². The fraction of sp³-hybridized carbons (Fsp3) is 0.0833. The second kappa shape index (κ2) is 4.28. The van der Waals surface area contributed by atoms with Gasteiger partial charge in [0.15, 0.2) is 0 Å². The molecule has 4 heteroatoms. The Morgan fingerprint density at radius 2 is 2.12 bits per heavy atom. The largest absolute Gasteiger partial charge is 0.508 e. The molecule has 0 radical (unpaired) electrons. The van der Waals surface area contributed by atoms with Crippen LogP contribution in [-0.4, -0.2) is 10.1 Å². The maximum atomic E-state index is 13.5. The molecule has 3 nitrogen and oxygen atoms in total. The molecule has 0 amide bonds. The highest BCUT2D eigenvalue weighted by atomic mass is 19.1. The van der Waals surface area contributed by atoms with Crippen molar-refractivity contribution in [3.05, 3.63) is 48.0 Å². The third-order valence-electron chi connectivity index (χ3n) is 2.38. The Hall–Kier alpha value is -1.94. The molecule has 0 fully saturated rings. The standard InChI is InChI=1S/C12H11FN2O/c13-11-7-15-4-3-10(11)8-1-2-12(16)9(5-8)6-14/h1-5,7,16H,6,14H2. The van der Waals surface area contributed by atoms with Crippen molar-refractivity contribution in [2.75, 3.05) is 0 Å².